The highest BCUT2D eigenvalue weighted by atomic mass is 32.1. The first-order valence-electron chi connectivity index (χ1n) is 8.27. The van der Waals surface area contributed by atoms with Gasteiger partial charge in [0.25, 0.3) is 0 Å². The molecule has 0 aliphatic carbocycles. The summed E-state index contributed by atoms with van der Waals surface area (Å²) in [4.78, 5) is 20.3. The standard InChI is InChI=1S/C19H18N4O2S/c1-10-14(12(3)25-23-10)8-17(24)22-19-21-16(9-26-19)18-11(2)20-15-7-5-4-6-13(15)18/h4-7,9,20H,8H2,1-3H3,(H,21,22,24). The zero-order chi connectivity index (χ0) is 18.3. The number of aromatic amines is 1. The third kappa shape index (κ3) is 2.90. The van der Waals surface area contributed by atoms with Crippen LogP contribution in [0.25, 0.3) is 22.2 Å². The van der Waals surface area contributed by atoms with Crippen molar-refractivity contribution in [3.05, 3.63) is 52.4 Å². The van der Waals surface area contributed by atoms with Crippen molar-refractivity contribution in [2.45, 2.75) is 27.2 Å². The lowest BCUT2D eigenvalue weighted by Gasteiger charge is -2.01. The Labute approximate surface area is 154 Å². The maximum atomic E-state index is 12.3. The first kappa shape index (κ1) is 16.5. The first-order chi connectivity index (χ1) is 12.5. The van der Waals surface area contributed by atoms with E-state index in [-0.39, 0.29) is 12.3 Å². The number of carbonyl (C=O) groups excluding carboxylic acids is 1. The molecule has 1 amide bonds. The Morgan fingerprint density at radius 2 is 2.08 bits per heavy atom. The van der Waals surface area contributed by atoms with Gasteiger partial charge in [0.05, 0.1) is 17.8 Å². The molecule has 4 rings (SSSR count). The third-order valence-electron chi connectivity index (χ3n) is 4.42. The number of rotatable bonds is 4. The second kappa shape index (κ2) is 6.42. The van der Waals surface area contributed by atoms with E-state index >= 15 is 0 Å². The van der Waals surface area contributed by atoms with Crippen LogP contribution in [0.2, 0.25) is 0 Å². The second-order valence-electron chi connectivity index (χ2n) is 6.24. The van der Waals surface area contributed by atoms with Crippen LogP contribution in [0.1, 0.15) is 22.7 Å². The third-order valence-corrected chi connectivity index (χ3v) is 5.18. The average molecular weight is 366 g/mol. The van der Waals surface area contributed by atoms with Gasteiger partial charge in [0.1, 0.15) is 5.76 Å². The predicted octanol–water partition coefficient (Wildman–Crippen LogP) is 4.39. The molecular weight excluding hydrogens is 348 g/mol. The molecule has 4 aromatic rings. The van der Waals surface area contributed by atoms with Crippen molar-refractivity contribution in [2.75, 3.05) is 5.32 Å². The fraction of sp³-hybridized carbons (Fsp3) is 0.211. The number of nitrogens with zero attached hydrogens (tertiary/aromatic N) is 2. The number of aromatic nitrogens is 3. The van der Waals surface area contributed by atoms with Crippen LogP contribution in [0.15, 0.2) is 34.2 Å². The largest absolute Gasteiger partial charge is 0.361 e. The van der Waals surface area contributed by atoms with Gasteiger partial charge in [-0.05, 0) is 26.8 Å². The van der Waals surface area contributed by atoms with E-state index in [2.05, 4.69) is 26.5 Å². The van der Waals surface area contributed by atoms with Crippen molar-refractivity contribution in [3.63, 3.8) is 0 Å². The van der Waals surface area contributed by atoms with Crippen LogP contribution in [0.3, 0.4) is 0 Å². The van der Waals surface area contributed by atoms with Gasteiger partial charge in [0.2, 0.25) is 5.91 Å². The summed E-state index contributed by atoms with van der Waals surface area (Å²) < 4.78 is 5.11. The number of amides is 1. The number of anilines is 1. The van der Waals surface area contributed by atoms with Crippen molar-refractivity contribution in [1.82, 2.24) is 15.1 Å². The van der Waals surface area contributed by atoms with Crippen molar-refractivity contribution in [3.8, 4) is 11.3 Å². The summed E-state index contributed by atoms with van der Waals surface area (Å²) in [5.41, 5.74) is 5.64. The summed E-state index contributed by atoms with van der Waals surface area (Å²) in [6, 6.07) is 8.13. The summed E-state index contributed by atoms with van der Waals surface area (Å²) in [7, 11) is 0. The minimum atomic E-state index is -0.129. The maximum Gasteiger partial charge on any atom is 0.230 e. The Hall–Kier alpha value is -2.93. The molecule has 0 spiro atoms. The summed E-state index contributed by atoms with van der Waals surface area (Å²) in [6.45, 7) is 5.68. The zero-order valence-corrected chi connectivity index (χ0v) is 15.5. The number of hydrogen-bond acceptors (Lipinski definition) is 5. The summed E-state index contributed by atoms with van der Waals surface area (Å²) in [5.74, 6) is 0.544. The van der Waals surface area contributed by atoms with Gasteiger partial charge >= 0.3 is 0 Å². The van der Waals surface area contributed by atoms with Crippen molar-refractivity contribution < 1.29 is 9.32 Å². The van der Waals surface area contributed by atoms with Gasteiger partial charge in [-0.3, -0.25) is 4.79 Å². The van der Waals surface area contributed by atoms with Gasteiger partial charge in [-0.25, -0.2) is 4.98 Å². The number of thiazole rings is 1. The van der Waals surface area contributed by atoms with Crippen LogP contribution in [0, 0.1) is 20.8 Å². The minimum absolute atomic E-state index is 0.129. The number of nitrogens with one attached hydrogen (secondary N) is 2. The van der Waals surface area contributed by atoms with E-state index in [4.69, 9.17) is 4.52 Å². The molecule has 0 saturated heterocycles. The Kier molecular flexibility index (Phi) is 4.08. The Morgan fingerprint density at radius 3 is 2.85 bits per heavy atom. The van der Waals surface area contributed by atoms with E-state index in [0.717, 1.165) is 39.1 Å². The number of aryl methyl sites for hydroxylation is 3. The predicted molar refractivity (Wildman–Crippen MR) is 102 cm³/mol. The minimum Gasteiger partial charge on any atom is -0.361 e. The van der Waals surface area contributed by atoms with Crippen LogP contribution in [0.4, 0.5) is 5.13 Å². The fourth-order valence-electron chi connectivity index (χ4n) is 3.13. The zero-order valence-electron chi connectivity index (χ0n) is 14.7. The molecule has 0 atom stereocenters. The van der Waals surface area contributed by atoms with Crippen LogP contribution in [0.5, 0.6) is 0 Å². The molecule has 0 saturated carbocycles. The van der Waals surface area contributed by atoms with Gasteiger partial charge in [-0.15, -0.1) is 11.3 Å². The van der Waals surface area contributed by atoms with E-state index in [1.165, 1.54) is 11.3 Å². The van der Waals surface area contributed by atoms with Crippen molar-refractivity contribution >= 4 is 33.3 Å². The molecule has 7 heteroatoms. The molecule has 0 bridgehead atoms. The molecule has 132 valence electrons. The first-order valence-corrected chi connectivity index (χ1v) is 9.15. The molecule has 3 heterocycles. The molecule has 2 N–H and O–H groups in total. The van der Waals surface area contributed by atoms with Crippen LogP contribution in [-0.2, 0) is 11.2 Å². The lowest BCUT2D eigenvalue weighted by molar-refractivity contribution is -0.115. The summed E-state index contributed by atoms with van der Waals surface area (Å²) in [6.07, 6.45) is 0.224. The molecule has 0 aliphatic heterocycles. The average Bonchev–Trinajstić information content (AvgIpc) is 3.27. The second-order valence-corrected chi connectivity index (χ2v) is 7.09. The van der Waals surface area contributed by atoms with Crippen LogP contribution >= 0.6 is 11.3 Å². The molecule has 0 fully saturated rings. The highest BCUT2D eigenvalue weighted by molar-refractivity contribution is 7.14. The lowest BCUT2D eigenvalue weighted by Crippen LogP contribution is -2.15. The summed E-state index contributed by atoms with van der Waals surface area (Å²) >= 11 is 1.42. The van der Waals surface area contributed by atoms with Crippen LogP contribution in [-0.4, -0.2) is 21.0 Å². The molecule has 1 aromatic carbocycles. The van der Waals surface area contributed by atoms with E-state index < -0.39 is 0 Å². The Morgan fingerprint density at radius 1 is 1.27 bits per heavy atom. The molecule has 26 heavy (non-hydrogen) atoms. The van der Waals surface area contributed by atoms with Crippen molar-refractivity contribution in [1.29, 1.82) is 0 Å². The molecule has 0 radical (unpaired) electrons. The van der Waals surface area contributed by atoms with Crippen LogP contribution < -0.4 is 5.32 Å². The fourth-order valence-corrected chi connectivity index (χ4v) is 3.85. The van der Waals surface area contributed by atoms with Gasteiger partial charge in [-0.1, -0.05) is 23.4 Å². The SMILES string of the molecule is Cc1noc(C)c1CC(=O)Nc1nc(-c2c(C)[nH]c3ccccc23)cs1. The number of para-hydroxylation sites is 1. The molecule has 6 nitrogen and oxygen atoms in total. The number of H-pyrrole nitrogens is 1. The molecule has 0 unspecified atom stereocenters. The summed E-state index contributed by atoms with van der Waals surface area (Å²) in [5, 5.41) is 10.4. The topological polar surface area (TPSA) is 83.8 Å². The normalized spacial score (nSPS) is 11.2. The molecule has 0 aliphatic rings. The quantitative estimate of drug-likeness (QED) is 0.561. The number of benzene rings is 1. The van der Waals surface area contributed by atoms with Gasteiger partial charge in [0.15, 0.2) is 5.13 Å². The van der Waals surface area contributed by atoms with E-state index in [9.17, 15) is 4.79 Å². The van der Waals surface area contributed by atoms with Crippen molar-refractivity contribution in [2.24, 2.45) is 0 Å². The van der Waals surface area contributed by atoms with E-state index in [0.29, 0.717) is 10.9 Å². The van der Waals surface area contributed by atoms with Gasteiger partial charge in [-0.2, -0.15) is 0 Å². The number of carbonyl (C=O) groups is 1. The monoisotopic (exact) mass is 366 g/mol. The highest BCUT2D eigenvalue weighted by Crippen LogP contribution is 2.33. The van der Waals surface area contributed by atoms with Gasteiger partial charge < -0.3 is 14.8 Å². The molecule has 3 aromatic heterocycles. The highest BCUT2D eigenvalue weighted by Gasteiger charge is 2.17. The van der Waals surface area contributed by atoms with E-state index in [1.807, 2.05) is 44.4 Å². The maximum absolute atomic E-state index is 12.3. The Bertz CT molecular complexity index is 1090. The van der Waals surface area contributed by atoms with E-state index in [1.54, 1.807) is 0 Å². The number of fused-ring (bicyclic) bond motifs is 1. The molecular formula is C19H18N4O2S. The van der Waals surface area contributed by atoms with Gasteiger partial charge in [0, 0.05) is 33.1 Å². The lowest BCUT2D eigenvalue weighted by atomic mass is 10.1. The smallest absolute Gasteiger partial charge is 0.230 e. The number of hydrogen-bond donors (Lipinski definition) is 2. The Balaban J connectivity index is 1.56.